The molecular weight excluding hydrogens is 224 g/mol. The van der Waals surface area contributed by atoms with E-state index in [0.717, 1.165) is 31.7 Å². The highest BCUT2D eigenvalue weighted by atomic mass is 16.5. The highest BCUT2D eigenvalue weighted by Crippen LogP contribution is 2.30. The molecule has 0 saturated carbocycles. The largest absolute Gasteiger partial charge is 0.493 e. The summed E-state index contributed by atoms with van der Waals surface area (Å²) < 4.78 is 5.63. The van der Waals surface area contributed by atoms with Crippen molar-refractivity contribution in [3.05, 3.63) is 29.3 Å². The predicted molar refractivity (Wildman–Crippen MR) is 71.8 cm³/mol. The molecule has 0 atom stereocenters. The molecule has 18 heavy (non-hydrogen) atoms. The van der Waals surface area contributed by atoms with Crippen molar-refractivity contribution in [3.63, 3.8) is 0 Å². The summed E-state index contributed by atoms with van der Waals surface area (Å²) in [7, 11) is 0. The van der Waals surface area contributed by atoms with Gasteiger partial charge in [0, 0.05) is 12.0 Å². The summed E-state index contributed by atoms with van der Waals surface area (Å²) in [5.41, 5.74) is 2.65. The van der Waals surface area contributed by atoms with E-state index in [1.54, 1.807) is 0 Å². The Labute approximate surface area is 109 Å². The van der Waals surface area contributed by atoms with Crippen LogP contribution in [0, 0.1) is 11.3 Å². The summed E-state index contributed by atoms with van der Waals surface area (Å²) in [5.74, 6) is 1.03. The second-order valence-electron chi connectivity index (χ2n) is 5.42. The maximum absolute atomic E-state index is 8.56. The van der Waals surface area contributed by atoms with Gasteiger partial charge in [0.15, 0.2) is 0 Å². The first kappa shape index (κ1) is 12.9. The minimum atomic E-state index is 0.0311. The molecule has 1 aliphatic heterocycles. The van der Waals surface area contributed by atoms with E-state index >= 15 is 0 Å². The van der Waals surface area contributed by atoms with E-state index in [0.29, 0.717) is 6.54 Å². The molecule has 0 bridgehead atoms. The third-order valence-electron chi connectivity index (χ3n) is 3.46. The van der Waals surface area contributed by atoms with Gasteiger partial charge in [-0.1, -0.05) is 26.0 Å². The average molecular weight is 244 g/mol. The summed E-state index contributed by atoms with van der Waals surface area (Å²) in [5, 5.41) is 11.7. The van der Waals surface area contributed by atoms with Crippen molar-refractivity contribution >= 4 is 0 Å². The van der Waals surface area contributed by atoms with Gasteiger partial charge in [-0.25, -0.2) is 0 Å². The van der Waals surface area contributed by atoms with Gasteiger partial charge >= 0.3 is 0 Å². The lowest BCUT2D eigenvalue weighted by Gasteiger charge is -2.27. The molecule has 3 heteroatoms. The fourth-order valence-electron chi connectivity index (χ4n) is 2.31. The van der Waals surface area contributed by atoms with Gasteiger partial charge in [0.25, 0.3) is 0 Å². The Morgan fingerprint density at radius 2 is 2.28 bits per heavy atom. The van der Waals surface area contributed by atoms with E-state index in [2.05, 4.69) is 43.4 Å². The Hall–Kier alpha value is -1.53. The Kier molecular flexibility index (Phi) is 3.88. The maximum Gasteiger partial charge on any atom is 0.122 e. The van der Waals surface area contributed by atoms with E-state index in [1.165, 1.54) is 11.1 Å². The topological polar surface area (TPSA) is 45.0 Å². The van der Waals surface area contributed by atoms with Gasteiger partial charge in [0.2, 0.25) is 0 Å². The SMILES string of the molecule is CC(C)(CNCC#N)c1ccc2c(c1)CCCO2. The highest BCUT2D eigenvalue weighted by molar-refractivity contribution is 5.41. The molecule has 0 aliphatic carbocycles. The fraction of sp³-hybridized carbons (Fsp3) is 0.533. The predicted octanol–water partition coefficient (Wildman–Crippen LogP) is 2.40. The maximum atomic E-state index is 8.56. The molecule has 1 aliphatic rings. The lowest BCUT2D eigenvalue weighted by molar-refractivity contribution is 0.288. The van der Waals surface area contributed by atoms with Crippen molar-refractivity contribution in [2.45, 2.75) is 32.1 Å². The standard InChI is InChI=1S/C15H20N2O/c1-15(2,11-17-8-7-16)13-5-6-14-12(10-13)4-3-9-18-14/h5-6,10,17H,3-4,8-9,11H2,1-2H3. The smallest absolute Gasteiger partial charge is 0.122 e. The molecule has 0 radical (unpaired) electrons. The fourth-order valence-corrected chi connectivity index (χ4v) is 2.31. The molecular formula is C15H20N2O. The molecule has 0 spiro atoms. The highest BCUT2D eigenvalue weighted by Gasteiger charge is 2.22. The monoisotopic (exact) mass is 244 g/mol. The van der Waals surface area contributed by atoms with E-state index < -0.39 is 0 Å². The number of nitrogens with one attached hydrogen (secondary N) is 1. The minimum absolute atomic E-state index is 0.0311. The molecule has 1 heterocycles. The van der Waals surface area contributed by atoms with Crippen LogP contribution in [-0.4, -0.2) is 19.7 Å². The summed E-state index contributed by atoms with van der Waals surface area (Å²) in [6.45, 7) is 6.43. The lowest BCUT2D eigenvalue weighted by atomic mass is 9.83. The first-order chi connectivity index (χ1) is 8.63. The molecule has 96 valence electrons. The summed E-state index contributed by atoms with van der Waals surface area (Å²) in [6.07, 6.45) is 2.20. The van der Waals surface area contributed by atoms with Crippen LogP contribution in [0.25, 0.3) is 0 Å². The minimum Gasteiger partial charge on any atom is -0.493 e. The van der Waals surface area contributed by atoms with Crippen LogP contribution in [-0.2, 0) is 11.8 Å². The molecule has 0 saturated heterocycles. The molecule has 0 aromatic heterocycles. The van der Waals surface area contributed by atoms with Crippen LogP contribution < -0.4 is 10.1 Å². The number of fused-ring (bicyclic) bond motifs is 1. The quantitative estimate of drug-likeness (QED) is 0.653. The number of hydrogen-bond donors (Lipinski definition) is 1. The van der Waals surface area contributed by atoms with Gasteiger partial charge in [-0.3, -0.25) is 0 Å². The number of nitriles is 1. The summed E-state index contributed by atoms with van der Waals surface area (Å²) in [4.78, 5) is 0. The third kappa shape index (κ3) is 2.83. The van der Waals surface area contributed by atoms with Crippen LogP contribution in [0.5, 0.6) is 5.75 Å². The normalized spacial score (nSPS) is 14.5. The van der Waals surface area contributed by atoms with Gasteiger partial charge in [0.1, 0.15) is 5.75 Å². The van der Waals surface area contributed by atoms with Gasteiger partial charge in [-0.15, -0.1) is 0 Å². The van der Waals surface area contributed by atoms with Crippen molar-refractivity contribution in [1.29, 1.82) is 5.26 Å². The van der Waals surface area contributed by atoms with E-state index in [9.17, 15) is 0 Å². The Balaban J connectivity index is 2.14. The molecule has 1 aromatic carbocycles. The summed E-state index contributed by atoms with van der Waals surface area (Å²) in [6, 6.07) is 8.58. The van der Waals surface area contributed by atoms with Crippen molar-refractivity contribution < 1.29 is 4.74 Å². The Morgan fingerprint density at radius 1 is 1.44 bits per heavy atom. The van der Waals surface area contributed by atoms with Crippen molar-refractivity contribution in [2.24, 2.45) is 0 Å². The third-order valence-corrected chi connectivity index (χ3v) is 3.46. The van der Waals surface area contributed by atoms with E-state index in [1.807, 2.05) is 0 Å². The number of aryl methyl sites for hydroxylation is 1. The number of nitrogens with zero attached hydrogens (tertiary/aromatic N) is 1. The number of rotatable bonds is 4. The second kappa shape index (κ2) is 5.41. The zero-order valence-electron chi connectivity index (χ0n) is 11.1. The number of ether oxygens (including phenoxy) is 1. The molecule has 1 aromatic rings. The van der Waals surface area contributed by atoms with Gasteiger partial charge in [-0.2, -0.15) is 5.26 Å². The first-order valence-electron chi connectivity index (χ1n) is 6.47. The molecule has 0 amide bonds. The van der Waals surface area contributed by atoms with Crippen molar-refractivity contribution in [2.75, 3.05) is 19.7 Å². The van der Waals surface area contributed by atoms with Crippen molar-refractivity contribution in [1.82, 2.24) is 5.32 Å². The van der Waals surface area contributed by atoms with Gasteiger partial charge < -0.3 is 10.1 Å². The summed E-state index contributed by atoms with van der Waals surface area (Å²) >= 11 is 0. The van der Waals surface area contributed by atoms with E-state index in [4.69, 9.17) is 10.00 Å². The van der Waals surface area contributed by atoms with Crippen LogP contribution in [0.15, 0.2) is 18.2 Å². The van der Waals surface area contributed by atoms with Crippen LogP contribution in [0.3, 0.4) is 0 Å². The Bertz CT molecular complexity index is 460. The van der Waals surface area contributed by atoms with Crippen LogP contribution >= 0.6 is 0 Å². The average Bonchev–Trinajstić information content (AvgIpc) is 2.38. The second-order valence-corrected chi connectivity index (χ2v) is 5.42. The zero-order valence-corrected chi connectivity index (χ0v) is 11.1. The van der Waals surface area contributed by atoms with E-state index in [-0.39, 0.29) is 5.41 Å². The molecule has 0 fully saturated rings. The van der Waals surface area contributed by atoms with Crippen molar-refractivity contribution in [3.8, 4) is 11.8 Å². The number of hydrogen-bond acceptors (Lipinski definition) is 3. The number of benzene rings is 1. The zero-order chi connectivity index (χ0) is 13.0. The molecule has 2 rings (SSSR count). The molecule has 3 nitrogen and oxygen atoms in total. The lowest BCUT2D eigenvalue weighted by Crippen LogP contribution is -2.33. The molecule has 0 unspecified atom stereocenters. The van der Waals surface area contributed by atoms with Crippen LogP contribution in [0.4, 0.5) is 0 Å². The van der Waals surface area contributed by atoms with Gasteiger partial charge in [0.05, 0.1) is 19.2 Å². The Morgan fingerprint density at radius 3 is 3.06 bits per heavy atom. The first-order valence-corrected chi connectivity index (χ1v) is 6.47. The van der Waals surface area contributed by atoms with Gasteiger partial charge in [-0.05, 0) is 30.0 Å². The van der Waals surface area contributed by atoms with Crippen LogP contribution in [0.2, 0.25) is 0 Å². The van der Waals surface area contributed by atoms with Crippen LogP contribution in [0.1, 0.15) is 31.4 Å². The molecule has 1 N–H and O–H groups in total.